The molecule has 2 heterocycles. The predicted molar refractivity (Wildman–Crippen MR) is 74.3 cm³/mol. The van der Waals surface area contributed by atoms with Gasteiger partial charge in [0.15, 0.2) is 0 Å². The van der Waals surface area contributed by atoms with Crippen LogP contribution < -0.4 is 4.74 Å². The van der Waals surface area contributed by atoms with Crippen LogP contribution in [0.1, 0.15) is 36.0 Å². The molecule has 0 saturated carbocycles. The van der Waals surface area contributed by atoms with Crippen LogP contribution in [0.25, 0.3) is 0 Å². The number of carboxylic acid groups (broad SMARTS) is 1. The summed E-state index contributed by atoms with van der Waals surface area (Å²) in [7, 11) is 0. The number of pyridine rings is 1. The zero-order valence-electron chi connectivity index (χ0n) is 11.0. The van der Waals surface area contributed by atoms with Crippen molar-refractivity contribution in [1.82, 2.24) is 4.98 Å². The Morgan fingerprint density at radius 1 is 1.37 bits per heavy atom. The third-order valence-electron chi connectivity index (χ3n) is 2.61. The molecule has 0 spiro atoms. The van der Waals surface area contributed by atoms with E-state index in [-0.39, 0.29) is 10.3 Å². The van der Waals surface area contributed by atoms with E-state index < -0.39 is 5.97 Å². The van der Waals surface area contributed by atoms with Crippen LogP contribution in [0, 0.1) is 0 Å². The molecule has 0 bridgehead atoms. The van der Waals surface area contributed by atoms with Gasteiger partial charge in [-0.15, -0.1) is 11.3 Å². The molecule has 0 saturated heterocycles. The normalized spacial score (nSPS) is 11.3. The Kier molecular flexibility index (Phi) is 3.57. The zero-order chi connectivity index (χ0) is 14.0. The fourth-order valence-electron chi connectivity index (χ4n) is 1.49. The highest BCUT2D eigenvalue weighted by molar-refractivity contribution is 7.12. The van der Waals surface area contributed by atoms with Crippen LogP contribution in [-0.4, -0.2) is 16.1 Å². The second kappa shape index (κ2) is 5.01. The number of aromatic nitrogens is 1. The Balaban J connectivity index is 2.13. The summed E-state index contributed by atoms with van der Waals surface area (Å²) in [6.45, 7) is 6.34. The number of carbonyl (C=O) groups is 1. The average molecular weight is 277 g/mol. The summed E-state index contributed by atoms with van der Waals surface area (Å²) in [5, 5.41) is 10.5. The lowest BCUT2D eigenvalue weighted by molar-refractivity contribution is 0.0702. The summed E-state index contributed by atoms with van der Waals surface area (Å²) >= 11 is 1.13. The average Bonchev–Trinajstić information content (AvgIpc) is 2.77. The van der Waals surface area contributed by atoms with Crippen LogP contribution in [0.3, 0.4) is 0 Å². The summed E-state index contributed by atoms with van der Waals surface area (Å²) in [5.74, 6) is 0.0111. The number of rotatable bonds is 3. The standard InChI is InChI=1S/C14H15NO3S/c1-14(2,3)9-4-5-12(15-7-9)18-10-6-11(13(16)17)19-8-10/h4-8H,1-3H3,(H,16,17). The van der Waals surface area contributed by atoms with Crippen LogP contribution in [0.2, 0.25) is 0 Å². The lowest BCUT2D eigenvalue weighted by atomic mass is 9.88. The summed E-state index contributed by atoms with van der Waals surface area (Å²) in [5.41, 5.74) is 1.17. The van der Waals surface area contributed by atoms with Gasteiger partial charge < -0.3 is 9.84 Å². The van der Waals surface area contributed by atoms with E-state index in [1.807, 2.05) is 6.07 Å². The Hall–Kier alpha value is -1.88. The minimum atomic E-state index is -0.948. The number of nitrogens with zero attached hydrogens (tertiary/aromatic N) is 1. The number of thiophene rings is 1. The van der Waals surface area contributed by atoms with E-state index in [4.69, 9.17) is 9.84 Å². The van der Waals surface area contributed by atoms with Crippen LogP contribution in [0.5, 0.6) is 11.6 Å². The van der Waals surface area contributed by atoms with Gasteiger partial charge in [0, 0.05) is 23.7 Å². The Bertz CT molecular complexity index is 581. The minimum Gasteiger partial charge on any atom is -0.477 e. The highest BCUT2D eigenvalue weighted by Crippen LogP contribution is 2.27. The fraction of sp³-hybridized carbons (Fsp3) is 0.286. The van der Waals surface area contributed by atoms with Gasteiger partial charge in [0.2, 0.25) is 5.88 Å². The molecule has 5 heteroatoms. The largest absolute Gasteiger partial charge is 0.477 e. The van der Waals surface area contributed by atoms with Gasteiger partial charge in [-0.2, -0.15) is 0 Å². The number of hydrogen-bond donors (Lipinski definition) is 1. The molecule has 0 fully saturated rings. The van der Waals surface area contributed by atoms with Crippen molar-refractivity contribution in [3.05, 3.63) is 40.2 Å². The van der Waals surface area contributed by atoms with E-state index in [1.54, 1.807) is 17.6 Å². The molecule has 2 aromatic heterocycles. The van der Waals surface area contributed by atoms with Gasteiger partial charge in [-0.25, -0.2) is 9.78 Å². The fourth-order valence-corrected chi connectivity index (χ4v) is 2.13. The molecule has 4 nitrogen and oxygen atoms in total. The lowest BCUT2D eigenvalue weighted by Gasteiger charge is -2.18. The van der Waals surface area contributed by atoms with Crippen molar-refractivity contribution in [2.45, 2.75) is 26.2 Å². The first-order valence-corrected chi connectivity index (χ1v) is 6.70. The molecular weight excluding hydrogens is 262 g/mol. The minimum absolute atomic E-state index is 0.0460. The monoisotopic (exact) mass is 277 g/mol. The molecule has 19 heavy (non-hydrogen) atoms. The third-order valence-corrected chi connectivity index (χ3v) is 3.51. The quantitative estimate of drug-likeness (QED) is 0.923. The number of hydrogen-bond acceptors (Lipinski definition) is 4. The van der Waals surface area contributed by atoms with Gasteiger partial charge in [0.25, 0.3) is 0 Å². The van der Waals surface area contributed by atoms with Crippen molar-refractivity contribution in [2.75, 3.05) is 0 Å². The molecule has 2 aromatic rings. The van der Waals surface area contributed by atoms with Gasteiger partial charge in [-0.1, -0.05) is 26.8 Å². The molecule has 0 radical (unpaired) electrons. The molecule has 100 valence electrons. The summed E-state index contributed by atoms with van der Waals surface area (Å²) in [6.07, 6.45) is 1.78. The van der Waals surface area contributed by atoms with Crippen molar-refractivity contribution in [3.63, 3.8) is 0 Å². The van der Waals surface area contributed by atoms with Crippen molar-refractivity contribution in [3.8, 4) is 11.6 Å². The van der Waals surface area contributed by atoms with Crippen molar-refractivity contribution in [2.24, 2.45) is 0 Å². The highest BCUT2D eigenvalue weighted by Gasteiger charge is 2.14. The lowest BCUT2D eigenvalue weighted by Crippen LogP contribution is -2.11. The topological polar surface area (TPSA) is 59.4 Å². The van der Waals surface area contributed by atoms with E-state index in [1.165, 1.54) is 6.07 Å². The first-order valence-electron chi connectivity index (χ1n) is 5.82. The van der Waals surface area contributed by atoms with Gasteiger partial charge in [-0.3, -0.25) is 0 Å². The van der Waals surface area contributed by atoms with E-state index in [9.17, 15) is 4.79 Å². The van der Waals surface area contributed by atoms with Crippen molar-refractivity contribution >= 4 is 17.3 Å². The maximum Gasteiger partial charge on any atom is 0.346 e. The predicted octanol–water partition coefficient (Wildman–Crippen LogP) is 3.93. The molecule has 0 aromatic carbocycles. The van der Waals surface area contributed by atoms with E-state index in [0.29, 0.717) is 11.6 Å². The summed E-state index contributed by atoms with van der Waals surface area (Å²) in [6, 6.07) is 5.25. The SMILES string of the molecule is CC(C)(C)c1ccc(Oc2csc(C(=O)O)c2)nc1. The Labute approximate surface area is 115 Å². The molecule has 0 atom stereocenters. The van der Waals surface area contributed by atoms with Crippen LogP contribution in [0.15, 0.2) is 29.8 Å². The van der Waals surface area contributed by atoms with E-state index in [2.05, 4.69) is 25.8 Å². The van der Waals surface area contributed by atoms with Gasteiger partial charge in [-0.05, 0) is 11.0 Å². The van der Waals surface area contributed by atoms with E-state index >= 15 is 0 Å². The smallest absolute Gasteiger partial charge is 0.346 e. The van der Waals surface area contributed by atoms with Gasteiger partial charge in [0.05, 0.1) is 0 Å². The Morgan fingerprint density at radius 2 is 2.11 bits per heavy atom. The first kappa shape index (κ1) is 13.5. The molecule has 1 N–H and O–H groups in total. The van der Waals surface area contributed by atoms with Crippen LogP contribution >= 0.6 is 11.3 Å². The maximum atomic E-state index is 10.8. The number of carboxylic acids is 1. The summed E-state index contributed by atoms with van der Waals surface area (Å²) < 4.78 is 5.51. The number of aromatic carboxylic acids is 1. The van der Waals surface area contributed by atoms with Crippen molar-refractivity contribution < 1.29 is 14.6 Å². The second-order valence-electron chi connectivity index (χ2n) is 5.19. The molecule has 0 unspecified atom stereocenters. The number of ether oxygens (including phenoxy) is 1. The highest BCUT2D eigenvalue weighted by atomic mass is 32.1. The molecule has 2 rings (SSSR count). The third kappa shape index (κ3) is 3.32. The Morgan fingerprint density at radius 3 is 2.58 bits per heavy atom. The van der Waals surface area contributed by atoms with Gasteiger partial charge in [0.1, 0.15) is 10.6 Å². The first-order chi connectivity index (χ1) is 8.86. The van der Waals surface area contributed by atoms with Gasteiger partial charge >= 0.3 is 5.97 Å². The zero-order valence-corrected chi connectivity index (χ0v) is 11.8. The van der Waals surface area contributed by atoms with Crippen LogP contribution in [0.4, 0.5) is 0 Å². The molecular formula is C14H15NO3S. The molecule has 0 aliphatic rings. The molecule has 0 amide bonds. The summed E-state index contributed by atoms with van der Waals surface area (Å²) in [4.78, 5) is 15.2. The van der Waals surface area contributed by atoms with Crippen LogP contribution in [-0.2, 0) is 5.41 Å². The maximum absolute atomic E-state index is 10.8. The van der Waals surface area contributed by atoms with E-state index in [0.717, 1.165) is 16.9 Å². The van der Waals surface area contributed by atoms with Crippen molar-refractivity contribution in [1.29, 1.82) is 0 Å². The molecule has 0 aliphatic carbocycles. The second-order valence-corrected chi connectivity index (χ2v) is 6.10. The molecule has 0 aliphatic heterocycles.